The number of nitrogens with one attached hydrogen (secondary N) is 2. The quantitative estimate of drug-likeness (QED) is 0.321. The Kier molecular flexibility index (Phi) is 7.14. The highest BCUT2D eigenvalue weighted by molar-refractivity contribution is 6.21. The zero-order chi connectivity index (χ0) is 30.2. The number of rotatable bonds is 7. The fourth-order valence-electron chi connectivity index (χ4n) is 5.56. The van der Waals surface area contributed by atoms with E-state index in [0.29, 0.717) is 45.0 Å². The maximum absolute atomic E-state index is 14.0. The molecule has 1 atom stereocenters. The molecule has 10 nitrogen and oxygen atoms in total. The molecular weight excluding hydrogens is 551 g/mol. The summed E-state index contributed by atoms with van der Waals surface area (Å²) in [4.78, 5) is 63.5. The van der Waals surface area contributed by atoms with Gasteiger partial charge < -0.3 is 15.5 Å². The molecule has 0 saturated heterocycles. The second-order valence-corrected chi connectivity index (χ2v) is 10.7. The van der Waals surface area contributed by atoms with Gasteiger partial charge in [0.05, 0.1) is 29.4 Å². The van der Waals surface area contributed by atoms with Crippen LogP contribution < -0.4 is 15.5 Å². The van der Waals surface area contributed by atoms with Crippen molar-refractivity contribution in [2.24, 2.45) is 0 Å². The third-order valence-electron chi connectivity index (χ3n) is 7.44. The van der Waals surface area contributed by atoms with Gasteiger partial charge in [0.1, 0.15) is 17.8 Å². The summed E-state index contributed by atoms with van der Waals surface area (Å²) in [5.74, 6) is -1.56. The number of amides is 4. The van der Waals surface area contributed by atoms with E-state index in [1.165, 1.54) is 18.5 Å². The Morgan fingerprint density at radius 3 is 2.47 bits per heavy atom. The third-order valence-corrected chi connectivity index (χ3v) is 7.44. The Morgan fingerprint density at radius 1 is 1.00 bits per heavy atom. The zero-order valence-electron chi connectivity index (χ0n) is 23.4. The van der Waals surface area contributed by atoms with Crippen LogP contribution >= 0.6 is 0 Å². The van der Waals surface area contributed by atoms with E-state index in [4.69, 9.17) is 0 Å². The molecule has 0 radical (unpaired) electrons. The number of halogens is 1. The Morgan fingerprint density at radius 2 is 1.74 bits per heavy atom. The van der Waals surface area contributed by atoms with E-state index >= 15 is 0 Å². The highest BCUT2D eigenvalue weighted by Crippen LogP contribution is 2.36. The van der Waals surface area contributed by atoms with Crippen LogP contribution in [-0.2, 0) is 11.2 Å². The van der Waals surface area contributed by atoms with Crippen LogP contribution in [0.4, 0.5) is 15.9 Å². The third kappa shape index (κ3) is 5.44. The molecule has 11 heteroatoms. The van der Waals surface area contributed by atoms with Gasteiger partial charge in [-0.05, 0) is 66.9 Å². The van der Waals surface area contributed by atoms with Crippen LogP contribution in [0.15, 0.2) is 73.1 Å². The van der Waals surface area contributed by atoms with Crippen LogP contribution in [0.1, 0.15) is 42.2 Å². The number of carbonyl (C=O) groups excluding carboxylic acids is 4. The first kappa shape index (κ1) is 27.7. The molecule has 0 aliphatic carbocycles. The van der Waals surface area contributed by atoms with Crippen LogP contribution in [0.3, 0.4) is 0 Å². The Labute approximate surface area is 246 Å². The monoisotopic (exact) mass is 578 g/mol. The molecule has 0 fully saturated rings. The van der Waals surface area contributed by atoms with Crippen LogP contribution in [0.25, 0.3) is 11.3 Å². The average molecular weight is 579 g/mol. The van der Waals surface area contributed by atoms with Gasteiger partial charge in [-0.1, -0.05) is 24.3 Å². The average Bonchev–Trinajstić information content (AvgIpc) is 3.21. The standard InChI is InChI=1S/C32H27FN6O4/c1-18-10-20(27-28-29(35-17-34-27)37-26(40)16-38(28)2)14-21(11-18)30(41)36-23(13-19-6-5-7-22(33)12-19)15-39-31(42)24-8-3-4-9-25(24)32(39)43/h3-12,14,17,23H,13,15-16H2,1-2H3,(H,36,41)(H,34,35,37,40). The lowest BCUT2D eigenvalue weighted by Gasteiger charge is -2.28. The van der Waals surface area contributed by atoms with E-state index in [1.807, 2.05) is 13.0 Å². The van der Waals surface area contributed by atoms with Crippen LogP contribution in [0.5, 0.6) is 0 Å². The second kappa shape index (κ2) is 11.1. The van der Waals surface area contributed by atoms with Crippen molar-refractivity contribution < 1.29 is 23.6 Å². The van der Waals surface area contributed by atoms with E-state index < -0.39 is 29.6 Å². The van der Waals surface area contributed by atoms with Crippen LogP contribution in [0, 0.1) is 12.7 Å². The van der Waals surface area contributed by atoms with Gasteiger partial charge in [-0.15, -0.1) is 0 Å². The van der Waals surface area contributed by atoms with Crippen molar-refractivity contribution in [1.82, 2.24) is 20.2 Å². The molecule has 2 aliphatic heterocycles. The number of hydrogen-bond donors (Lipinski definition) is 2. The number of imide groups is 1. The maximum Gasteiger partial charge on any atom is 0.261 e. The number of aromatic nitrogens is 2. The molecule has 4 aromatic rings. The predicted molar refractivity (Wildman–Crippen MR) is 157 cm³/mol. The van der Waals surface area contributed by atoms with E-state index in [0.717, 1.165) is 10.5 Å². The summed E-state index contributed by atoms with van der Waals surface area (Å²) in [5.41, 5.74) is 4.16. The van der Waals surface area contributed by atoms with E-state index in [2.05, 4.69) is 20.6 Å². The van der Waals surface area contributed by atoms with Crippen molar-refractivity contribution in [3.63, 3.8) is 0 Å². The van der Waals surface area contributed by atoms with Crippen molar-refractivity contribution in [3.8, 4) is 11.3 Å². The number of carbonyl (C=O) groups is 4. The minimum atomic E-state index is -0.714. The molecule has 0 saturated carbocycles. The highest BCUT2D eigenvalue weighted by Gasteiger charge is 2.37. The van der Waals surface area contributed by atoms with Gasteiger partial charge in [0.25, 0.3) is 17.7 Å². The molecule has 1 aromatic heterocycles. The van der Waals surface area contributed by atoms with Gasteiger partial charge in [0.2, 0.25) is 5.91 Å². The zero-order valence-corrected chi connectivity index (χ0v) is 23.4. The molecule has 4 amide bonds. The molecule has 3 heterocycles. The molecule has 43 heavy (non-hydrogen) atoms. The van der Waals surface area contributed by atoms with Gasteiger partial charge in [-0.3, -0.25) is 24.1 Å². The van der Waals surface area contributed by atoms with Crippen LogP contribution in [0.2, 0.25) is 0 Å². The lowest BCUT2D eigenvalue weighted by atomic mass is 10.0. The van der Waals surface area contributed by atoms with Gasteiger partial charge >= 0.3 is 0 Å². The number of anilines is 2. The van der Waals surface area contributed by atoms with Crippen molar-refractivity contribution in [2.75, 3.05) is 30.4 Å². The minimum absolute atomic E-state index is 0.100. The number of likely N-dealkylation sites (N-methyl/N-ethyl adjacent to an activating group) is 1. The molecule has 6 rings (SSSR count). The Balaban J connectivity index is 1.31. The van der Waals surface area contributed by atoms with Crippen molar-refractivity contribution in [3.05, 3.63) is 107 Å². The van der Waals surface area contributed by atoms with Crippen molar-refractivity contribution in [1.29, 1.82) is 0 Å². The summed E-state index contributed by atoms with van der Waals surface area (Å²) < 4.78 is 14.0. The first-order chi connectivity index (χ1) is 20.7. The molecule has 0 bridgehead atoms. The van der Waals surface area contributed by atoms with Gasteiger partial charge in [0, 0.05) is 24.7 Å². The van der Waals surface area contributed by atoms with Gasteiger partial charge in [-0.25, -0.2) is 14.4 Å². The first-order valence-electron chi connectivity index (χ1n) is 13.7. The molecule has 216 valence electrons. The van der Waals surface area contributed by atoms with Crippen LogP contribution in [-0.4, -0.2) is 64.7 Å². The molecule has 0 spiro atoms. The van der Waals surface area contributed by atoms with Gasteiger partial charge in [-0.2, -0.15) is 0 Å². The summed E-state index contributed by atoms with van der Waals surface area (Å²) in [5, 5.41) is 5.73. The molecule has 1 unspecified atom stereocenters. The predicted octanol–water partition coefficient (Wildman–Crippen LogP) is 3.62. The Hall–Kier alpha value is -5.45. The van der Waals surface area contributed by atoms with Crippen molar-refractivity contribution in [2.45, 2.75) is 19.4 Å². The van der Waals surface area contributed by atoms with Gasteiger partial charge in [0.15, 0.2) is 5.82 Å². The first-order valence-corrected chi connectivity index (χ1v) is 13.7. The smallest absolute Gasteiger partial charge is 0.261 e. The molecular formula is C32H27FN6O4. The number of fused-ring (bicyclic) bond motifs is 2. The second-order valence-electron chi connectivity index (χ2n) is 10.7. The topological polar surface area (TPSA) is 125 Å². The minimum Gasteiger partial charge on any atom is -0.361 e. The highest BCUT2D eigenvalue weighted by atomic mass is 19.1. The summed E-state index contributed by atoms with van der Waals surface area (Å²) in [6, 6.07) is 17.1. The molecule has 2 aliphatic rings. The summed E-state index contributed by atoms with van der Waals surface area (Å²) in [7, 11) is 1.77. The maximum atomic E-state index is 14.0. The SMILES string of the molecule is Cc1cc(C(=O)NC(Cc2cccc(F)c2)CN2C(=O)c3ccccc3C2=O)cc(-c2ncnc3c2N(C)CC(=O)N3)c1. The Bertz CT molecular complexity index is 1770. The number of benzene rings is 3. The summed E-state index contributed by atoms with van der Waals surface area (Å²) in [6.45, 7) is 1.88. The lowest BCUT2D eigenvalue weighted by molar-refractivity contribution is -0.115. The van der Waals surface area contributed by atoms with Crippen molar-refractivity contribution >= 4 is 35.1 Å². The number of aryl methyl sites for hydroxylation is 1. The normalized spacial score (nSPS) is 14.7. The largest absolute Gasteiger partial charge is 0.361 e. The summed E-state index contributed by atoms with van der Waals surface area (Å²) in [6.07, 6.45) is 1.53. The van der Waals surface area contributed by atoms with E-state index in [9.17, 15) is 23.6 Å². The lowest BCUT2D eigenvalue weighted by Crippen LogP contribution is -2.47. The number of hydrogen-bond acceptors (Lipinski definition) is 7. The molecule has 2 N–H and O–H groups in total. The number of nitrogens with zero attached hydrogens (tertiary/aromatic N) is 4. The van der Waals surface area contributed by atoms with E-state index in [1.54, 1.807) is 60.5 Å². The molecule has 3 aromatic carbocycles. The van der Waals surface area contributed by atoms with E-state index in [-0.39, 0.29) is 25.4 Å². The fourth-order valence-corrected chi connectivity index (χ4v) is 5.56. The fraction of sp³-hybridized carbons (Fsp3) is 0.188. The summed E-state index contributed by atoms with van der Waals surface area (Å²) >= 11 is 0.